The van der Waals surface area contributed by atoms with Gasteiger partial charge in [-0.2, -0.15) is 0 Å². The fourth-order valence-electron chi connectivity index (χ4n) is 6.42. The van der Waals surface area contributed by atoms with Crippen LogP contribution in [0.3, 0.4) is 0 Å². The van der Waals surface area contributed by atoms with E-state index in [1.54, 1.807) is 0 Å². The monoisotopic (exact) mass is 504 g/mol. The molecule has 0 aromatic heterocycles. The first-order valence-corrected chi connectivity index (χ1v) is 14.3. The van der Waals surface area contributed by atoms with E-state index in [4.69, 9.17) is 10.7 Å². The number of anilines is 2. The summed E-state index contributed by atoms with van der Waals surface area (Å²) in [7, 11) is 2.27. The summed E-state index contributed by atoms with van der Waals surface area (Å²) >= 11 is 0. The van der Waals surface area contributed by atoms with Crippen LogP contribution >= 0.6 is 0 Å². The van der Waals surface area contributed by atoms with Crippen molar-refractivity contribution in [1.29, 1.82) is 0 Å². The SMILES string of the molecule is CC1C[C@]2(C)C(=NCCCNCCCCNCCCN)Nc3ccccc3[C@]2(C)N(C)c2ccccc21. The quantitative estimate of drug-likeness (QED) is 0.304. The lowest BCUT2D eigenvalue weighted by atomic mass is 9.61. The summed E-state index contributed by atoms with van der Waals surface area (Å²) < 4.78 is 0. The molecule has 1 unspecified atom stereocenters. The Hall–Kier alpha value is -2.41. The van der Waals surface area contributed by atoms with E-state index in [9.17, 15) is 0 Å². The van der Waals surface area contributed by atoms with E-state index in [1.807, 2.05) is 0 Å². The molecule has 0 saturated heterocycles. The topological polar surface area (TPSA) is 77.7 Å². The minimum absolute atomic E-state index is 0.154. The molecule has 0 aliphatic carbocycles. The third-order valence-electron chi connectivity index (χ3n) is 8.81. The Morgan fingerprint density at radius 2 is 1.59 bits per heavy atom. The zero-order valence-corrected chi connectivity index (χ0v) is 23.4. The second kappa shape index (κ2) is 12.4. The minimum Gasteiger partial charge on any atom is -0.364 e. The number of amidine groups is 1. The maximum absolute atomic E-state index is 5.54. The molecule has 3 atom stereocenters. The molecule has 2 aliphatic rings. The molecule has 2 heterocycles. The predicted octanol–water partition coefficient (Wildman–Crippen LogP) is 5.07. The Labute approximate surface area is 224 Å². The third-order valence-corrected chi connectivity index (χ3v) is 8.81. The molecular formula is C31H48N6. The zero-order chi connectivity index (χ0) is 26.3. The summed E-state index contributed by atoms with van der Waals surface area (Å²) in [6, 6.07) is 17.7. The Morgan fingerprint density at radius 1 is 0.946 bits per heavy atom. The van der Waals surface area contributed by atoms with Gasteiger partial charge in [0.15, 0.2) is 0 Å². The van der Waals surface area contributed by atoms with E-state index in [-0.39, 0.29) is 11.0 Å². The average Bonchev–Trinajstić information content (AvgIpc) is 2.97. The first kappa shape index (κ1) is 27.6. The lowest BCUT2D eigenvalue weighted by molar-refractivity contribution is 0.215. The van der Waals surface area contributed by atoms with Crippen molar-refractivity contribution in [3.05, 3.63) is 59.7 Å². The fraction of sp³-hybridized carbons (Fsp3) is 0.581. The normalized spacial score (nSPS) is 25.7. The van der Waals surface area contributed by atoms with Crippen molar-refractivity contribution in [2.45, 2.75) is 64.3 Å². The van der Waals surface area contributed by atoms with E-state index in [0.717, 1.165) is 64.4 Å². The van der Waals surface area contributed by atoms with Crippen molar-refractivity contribution in [3.63, 3.8) is 0 Å². The van der Waals surface area contributed by atoms with E-state index in [2.05, 4.69) is 97.2 Å². The largest absolute Gasteiger partial charge is 0.364 e. The van der Waals surface area contributed by atoms with Crippen LogP contribution in [0.2, 0.25) is 0 Å². The minimum atomic E-state index is -0.217. The highest BCUT2D eigenvalue weighted by Gasteiger charge is 2.57. The number of hydrogen-bond donors (Lipinski definition) is 4. The van der Waals surface area contributed by atoms with Crippen molar-refractivity contribution in [3.8, 4) is 0 Å². The number of para-hydroxylation sites is 2. The number of hydrogen-bond acceptors (Lipinski definition) is 5. The van der Waals surface area contributed by atoms with Crippen LogP contribution in [0.15, 0.2) is 53.5 Å². The molecular weight excluding hydrogens is 456 g/mol. The van der Waals surface area contributed by atoms with Gasteiger partial charge < -0.3 is 26.6 Å². The van der Waals surface area contributed by atoms with Crippen molar-refractivity contribution in [2.24, 2.45) is 16.1 Å². The number of unbranched alkanes of at least 4 members (excludes halogenated alkanes) is 1. The standard InChI is InChI=1S/C31H48N6/c1-24-23-30(2)29(35-22-12-21-34-19-10-9-18-33-20-11-17-32)36-27-15-7-6-14-26(27)31(30,3)37(4)28-16-8-5-13-25(24)28/h5-8,13-16,24,33-34H,9-12,17-23,32H2,1-4H3,(H,35,36)/t24?,30-,31+/m1/s1. The lowest BCUT2D eigenvalue weighted by Crippen LogP contribution is -2.60. The number of rotatable bonds is 12. The molecule has 5 N–H and O–H groups in total. The van der Waals surface area contributed by atoms with Crippen molar-refractivity contribution in [1.82, 2.24) is 10.6 Å². The molecule has 2 aromatic carbocycles. The van der Waals surface area contributed by atoms with Gasteiger partial charge >= 0.3 is 0 Å². The number of nitrogens with two attached hydrogens (primary N) is 1. The summed E-state index contributed by atoms with van der Waals surface area (Å²) in [5, 5.41) is 10.8. The highest BCUT2D eigenvalue weighted by atomic mass is 15.2. The average molecular weight is 505 g/mol. The maximum Gasteiger partial charge on any atom is 0.109 e. The predicted molar refractivity (Wildman–Crippen MR) is 159 cm³/mol. The van der Waals surface area contributed by atoms with Gasteiger partial charge in [0, 0.05) is 30.5 Å². The van der Waals surface area contributed by atoms with Crippen LogP contribution in [0.1, 0.15) is 69.9 Å². The number of nitrogens with one attached hydrogen (secondary N) is 3. The van der Waals surface area contributed by atoms with Crippen molar-refractivity contribution in [2.75, 3.05) is 56.5 Å². The molecule has 2 aliphatic heterocycles. The number of nitrogens with zero attached hydrogens (tertiary/aromatic N) is 2. The first-order valence-electron chi connectivity index (χ1n) is 14.3. The molecule has 2 aromatic rings. The summed E-state index contributed by atoms with van der Waals surface area (Å²) in [6.45, 7) is 13.0. The zero-order valence-electron chi connectivity index (χ0n) is 23.4. The molecule has 0 fully saturated rings. The molecule has 0 saturated carbocycles. The second-order valence-electron chi connectivity index (χ2n) is 11.2. The van der Waals surface area contributed by atoms with Crippen LogP contribution in [0.25, 0.3) is 0 Å². The van der Waals surface area contributed by atoms with Gasteiger partial charge in [0.05, 0.1) is 11.0 Å². The van der Waals surface area contributed by atoms with Gasteiger partial charge in [-0.1, -0.05) is 43.3 Å². The van der Waals surface area contributed by atoms with Crippen LogP contribution in [0, 0.1) is 5.41 Å². The van der Waals surface area contributed by atoms with Gasteiger partial charge in [-0.15, -0.1) is 0 Å². The highest BCUT2D eigenvalue weighted by molar-refractivity contribution is 6.04. The van der Waals surface area contributed by atoms with Crippen LogP contribution < -0.4 is 26.6 Å². The molecule has 202 valence electrons. The number of fused-ring (bicyclic) bond motifs is 4. The summed E-state index contributed by atoms with van der Waals surface area (Å²) in [6.07, 6.45) is 5.54. The van der Waals surface area contributed by atoms with Crippen LogP contribution in [-0.2, 0) is 5.54 Å². The van der Waals surface area contributed by atoms with Crippen LogP contribution in [0.4, 0.5) is 11.4 Å². The fourth-order valence-corrected chi connectivity index (χ4v) is 6.42. The van der Waals surface area contributed by atoms with E-state index >= 15 is 0 Å². The molecule has 4 rings (SSSR count). The summed E-state index contributed by atoms with van der Waals surface area (Å²) in [4.78, 5) is 7.77. The third kappa shape index (κ3) is 5.57. The van der Waals surface area contributed by atoms with Crippen LogP contribution in [-0.4, -0.2) is 52.2 Å². The smallest absolute Gasteiger partial charge is 0.109 e. The molecule has 0 spiro atoms. The molecule has 0 radical (unpaired) electrons. The van der Waals surface area contributed by atoms with Gasteiger partial charge in [-0.05, 0) is 102 Å². The summed E-state index contributed by atoms with van der Waals surface area (Å²) in [5.41, 5.74) is 10.5. The van der Waals surface area contributed by atoms with Gasteiger partial charge in [0.1, 0.15) is 5.84 Å². The Morgan fingerprint density at radius 3 is 2.35 bits per heavy atom. The Kier molecular flexibility index (Phi) is 9.27. The second-order valence-corrected chi connectivity index (χ2v) is 11.2. The number of aliphatic imine (C=N–C) groups is 1. The van der Waals surface area contributed by atoms with Crippen molar-refractivity contribution >= 4 is 17.2 Å². The van der Waals surface area contributed by atoms with E-state index < -0.39 is 0 Å². The van der Waals surface area contributed by atoms with Gasteiger partial charge in [-0.3, -0.25) is 4.99 Å². The lowest BCUT2D eigenvalue weighted by Gasteiger charge is -2.55. The van der Waals surface area contributed by atoms with E-state index in [1.165, 1.54) is 35.3 Å². The number of benzene rings is 2. The molecule has 0 bridgehead atoms. The van der Waals surface area contributed by atoms with Crippen LogP contribution in [0.5, 0.6) is 0 Å². The van der Waals surface area contributed by atoms with Gasteiger partial charge in [0.2, 0.25) is 0 Å². The molecule has 0 amide bonds. The van der Waals surface area contributed by atoms with Gasteiger partial charge in [0.25, 0.3) is 0 Å². The van der Waals surface area contributed by atoms with Crippen molar-refractivity contribution < 1.29 is 0 Å². The van der Waals surface area contributed by atoms with E-state index in [0.29, 0.717) is 5.92 Å². The first-order chi connectivity index (χ1) is 17.9. The molecule has 6 nitrogen and oxygen atoms in total. The summed E-state index contributed by atoms with van der Waals surface area (Å²) in [5.74, 6) is 1.57. The Balaban J connectivity index is 1.44. The van der Waals surface area contributed by atoms with Gasteiger partial charge in [-0.25, -0.2) is 0 Å². The highest BCUT2D eigenvalue weighted by Crippen LogP contribution is 2.58. The molecule has 6 heteroatoms. The maximum atomic E-state index is 5.54. The Bertz CT molecular complexity index is 1050. The molecule has 37 heavy (non-hydrogen) atoms.